The second-order valence-corrected chi connectivity index (χ2v) is 4.37. The van der Waals surface area contributed by atoms with Gasteiger partial charge in [0, 0.05) is 18.8 Å². The number of carboxylic acid groups (broad SMARTS) is 1. The molecule has 0 bridgehead atoms. The van der Waals surface area contributed by atoms with Gasteiger partial charge in [-0.3, -0.25) is 4.79 Å². The highest BCUT2D eigenvalue weighted by atomic mass is 16.4. The molecular formula is C14H11N3O3. The number of aromatic carboxylic acids is 1. The number of carboxylic acids is 1. The van der Waals surface area contributed by atoms with Gasteiger partial charge in [0.05, 0.1) is 6.20 Å². The first kappa shape index (κ1) is 12.2. The molecule has 0 unspecified atom stereocenters. The van der Waals surface area contributed by atoms with E-state index in [2.05, 4.69) is 5.10 Å². The molecule has 0 aliphatic heterocycles. The van der Waals surface area contributed by atoms with Gasteiger partial charge >= 0.3 is 5.97 Å². The maximum Gasteiger partial charge on any atom is 0.341 e. The Labute approximate surface area is 113 Å². The van der Waals surface area contributed by atoms with Crippen molar-refractivity contribution < 1.29 is 9.90 Å². The summed E-state index contributed by atoms with van der Waals surface area (Å²) >= 11 is 0. The Hall–Kier alpha value is -2.89. The van der Waals surface area contributed by atoms with Crippen molar-refractivity contribution in [2.75, 3.05) is 0 Å². The van der Waals surface area contributed by atoms with Crippen LogP contribution in [0.4, 0.5) is 0 Å². The first-order chi connectivity index (χ1) is 9.66. The van der Waals surface area contributed by atoms with Crippen molar-refractivity contribution in [1.29, 1.82) is 0 Å². The van der Waals surface area contributed by atoms with Gasteiger partial charge in [-0.15, -0.1) is 0 Å². The minimum absolute atomic E-state index is 0.0126. The van der Waals surface area contributed by atoms with Gasteiger partial charge in [0.15, 0.2) is 5.65 Å². The summed E-state index contributed by atoms with van der Waals surface area (Å²) in [4.78, 5) is 22.9. The number of carbonyl (C=O) groups is 1. The van der Waals surface area contributed by atoms with Gasteiger partial charge in [-0.05, 0) is 5.56 Å². The number of fused-ring (bicyclic) bond motifs is 1. The van der Waals surface area contributed by atoms with Crippen LogP contribution >= 0.6 is 0 Å². The molecule has 0 aliphatic carbocycles. The third-order valence-electron chi connectivity index (χ3n) is 3.05. The van der Waals surface area contributed by atoms with Crippen LogP contribution in [0.3, 0.4) is 0 Å². The monoisotopic (exact) mass is 269 g/mol. The lowest BCUT2D eigenvalue weighted by Gasteiger charge is -2.09. The lowest BCUT2D eigenvalue weighted by atomic mass is 10.2. The van der Waals surface area contributed by atoms with Crippen molar-refractivity contribution in [3.05, 3.63) is 70.3 Å². The highest BCUT2D eigenvalue weighted by molar-refractivity contribution is 5.94. The Morgan fingerprint density at radius 2 is 1.95 bits per heavy atom. The van der Waals surface area contributed by atoms with Crippen LogP contribution in [0.5, 0.6) is 0 Å². The van der Waals surface area contributed by atoms with E-state index >= 15 is 0 Å². The maximum absolute atomic E-state index is 11.7. The fraction of sp³-hybridized carbons (Fsp3) is 0.0714. The van der Waals surface area contributed by atoms with E-state index in [0.29, 0.717) is 6.54 Å². The zero-order valence-corrected chi connectivity index (χ0v) is 10.4. The second-order valence-electron chi connectivity index (χ2n) is 4.37. The molecule has 1 aromatic carbocycles. The molecule has 6 nitrogen and oxygen atoms in total. The van der Waals surface area contributed by atoms with Crippen molar-refractivity contribution >= 4 is 11.6 Å². The Bertz CT molecular complexity index is 834. The topological polar surface area (TPSA) is 76.6 Å². The summed E-state index contributed by atoms with van der Waals surface area (Å²) in [5.41, 5.74) is 0.958. The van der Waals surface area contributed by atoms with E-state index in [-0.39, 0.29) is 16.8 Å². The number of nitrogens with zero attached hydrogens (tertiary/aromatic N) is 3. The fourth-order valence-corrected chi connectivity index (χ4v) is 2.13. The van der Waals surface area contributed by atoms with Crippen LogP contribution in [-0.2, 0) is 6.54 Å². The standard InChI is InChI=1S/C14H11N3O3/c18-12-6-7-16(9-10-4-2-1-3-5-10)13-11(14(19)20)8-15-17(12)13/h1-8H,9H2,(H,19,20). The van der Waals surface area contributed by atoms with Crippen LogP contribution in [0.25, 0.3) is 5.65 Å². The van der Waals surface area contributed by atoms with E-state index in [1.54, 1.807) is 10.8 Å². The molecule has 0 radical (unpaired) electrons. The van der Waals surface area contributed by atoms with Crippen molar-refractivity contribution in [3.8, 4) is 0 Å². The molecule has 2 heterocycles. The molecule has 1 N–H and O–H groups in total. The minimum Gasteiger partial charge on any atom is -0.477 e. The molecule has 0 spiro atoms. The third-order valence-corrected chi connectivity index (χ3v) is 3.05. The Morgan fingerprint density at radius 1 is 1.20 bits per heavy atom. The number of rotatable bonds is 3. The van der Waals surface area contributed by atoms with Crippen LogP contribution in [0.2, 0.25) is 0 Å². The molecule has 0 fully saturated rings. The van der Waals surface area contributed by atoms with Crippen molar-refractivity contribution in [1.82, 2.24) is 14.2 Å². The zero-order valence-electron chi connectivity index (χ0n) is 10.4. The van der Waals surface area contributed by atoms with Crippen LogP contribution in [0.1, 0.15) is 15.9 Å². The predicted octanol–water partition coefficient (Wildman–Crippen LogP) is 1.24. The molecule has 3 aromatic rings. The van der Waals surface area contributed by atoms with E-state index in [9.17, 15) is 14.7 Å². The molecule has 20 heavy (non-hydrogen) atoms. The van der Waals surface area contributed by atoms with Crippen molar-refractivity contribution in [2.45, 2.75) is 6.54 Å². The first-order valence-corrected chi connectivity index (χ1v) is 6.01. The average molecular weight is 269 g/mol. The fourth-order valence-electron chi connectivity index (χ4n) is 2.13. The summed E-state index contributed by atoms with van der Waals surface area (Å²) in [5, 5.41) is 13.0. The third kappa shape index (κ3) is 1.97. The normalized spacial score (nSPS) is 10.8. The van der Waals surface area contributed by atoms with Crippen LogP contribution < -0.4 is 5.56 Å². The summed E-state index contributed by atoms with van der Waals surface area (Å²) in [6.07, 6.45) is 2.78. The lowest BCUT2D eigenvalue weighted by molar-refractivity contribution is 0.0698. The Kier molecular flexibility index (Phi) is 2.83. The predicted molar refractivity (Wildman–Crippen MR) is 72.0 cm³/mol. The Morgan fingerprint density at radius 3 is 2.65 bits per heavy atom. The van der Waals surface area contributed by atoms with E-state index in [1.165, 1.54) is 12.3 Å². The van der Waals surface area contributed by atoms with E-state index in [1.807, 2.05) is 30.3 Å². The number of hydrogen-bond donors (Lipinski definition) is 1. The lowest BCUT2D eigenvalue weighted by Crippen LogP contribution is -2.18. The number of aromatic nitrogens is 3. The summed E-state index contributed by atoms with van der Waals surface area (Å²) in [6, 6.07) is 11.0. The van der Waals surface area contributed by atoms with Crippen molar-refractivity contribution in [2.24, 2.45) is 0 Å². The maximum atomic E-state index is 11.7. The zero-order chi connectivity index (χ0) is 14.1. The largest absolute Gasteiger partial charge is 0.477 e. The molecular weight excluding hydrogens is 258 g/mol. The number of hydrogen-bond acceptors (Lipinski definition) is 3. The molecule has 2 aromatic heterocycles. The van der Waals surface area contributed by atoms with Gasteiger partial charge in [0.25, 0.3) is 5.56 Å². The van der Waals surface area contributed by atoms with Gasteiger partial charge in [-0.25, -0.2) is 4.79 Å². The first-order valence-electron chi connectivity index (χ1n) is 6.01. The van der Waals surface area contributed by atoms with E-state index in [0.717, 1.165) is 10.1 Å². The quantitative estimate of drug-likeness (QED) is 0.776. The van der Waals surface area contributed by atoms with E-state index < -0.39 is 5.97 Å². The highest BCUT2D eigenvalue weighted by Gasteiger charge is 2.15. The molecule has 0 saturated heterocycles. The molecule has 0 amide bonds. The summed E-state index contributed by atoms with van der Waals surface area (Å²) in [7, 11) is 0. The molecule has 0 aliphatic rings. The summed E-state index contributed by atoms with van der Waals surface area (Å²) in [6.45, 7) is 0.469. The van der Waals surface area contributed by atoms with E-state index in [4.69, 9.17) is 0 Å². The number of benzene rings is 1. The van der Waals surface area contributed by atoms with Gasteiger partial charge in [0.1, 0.15) is 5.56 Å². The van der Waals surface area contributed by atoms with Gasteiger partial charge < -0.3 is 9.67 Å². The summed E-state index contributed by atoms with van der Waals surface area (Å²) in [5.74, 6) is -1.10. The van der Waals surface area contributed by atoms with Crippen LogP contribution in [-0.4, -0.2) is 25.3 Å². The summed E-state index contributed by atoms with van der Waals surface area (Å²) < 4.78 is 2.81. The Balaban J connectivity index is 2.20. The molecule has 3 rings (SSSR count). The van der Waals surface area contributed by atoms with Crippen LogP contribution in [0.15, 0.2) is 53.6 Å². The van der Waals surface area contributed by atoms with Crippen molar-refractivity contribution in [3.63, 3.8) is 0 Å². The molecule has 0 atom stereocenters. The SMILES string of the molecule is O=C(O)c1cnn2c(=O)ccn(Cc3ccccc3)c12. The van der Waals surface area contributed by atoms with Gasteiger partial charge in [0.2, 0.25) is 0 Å². The molecule has 0 saturated carbocycles. The highest BCUT2D eigenvalue weighted by Crippen LogP contribution is 2.11. The van der Waals surface area contributed by atoms with Gasteiger partial charge in [-0.2, -0.15) is 9.61 Å². The second kappa shape index (κ2) is 4.65. The molecule has 100 valence electrons. The molecule has 6 heteroatoms. The van der Waals surface area contributed by atoms with Gasteiger partial charge in [-0.1, -0.05) is 30.3 Å². The smallest absolute Gasteiger partial charge is 0.341 e. The van der Waals surface area contributed by atoms with Crippen LogP contribution in [0, 0.1) is 0 Å². The average Bonchev–Trinajstić information content (AvgIpc) is 2.89. The minimum atomic E-state index is -1.10.